The lowest BCUT2D eigenvalue weighted by Gasteiger charge is -2.33. The standard InChI is InChI=1S/C24H27N7O/c32-22(17-18-8-15-30(16-9-18)24-27-11-4-12-28-24)31-14-3-6-21(31)19-7-13-26-23(29-19)20-5-1-2-10-25-20/h1-2,4-5,7,10-13,18,21H,3,6,8-9,14-17H2/t21-/m0/s1. The maximum Gasteiger partial charge on any atom is 0.225 e. The van der Waals surface area contributed by atoms with Crippen LogP contribution in [0.1, 0.15) is 43.8 Å². The normalized spacial score (nSPS) is 19.3. The summed E-state index contributed by atoms with van der Waals surface area (Å²) in [5.41, 5.74) is 1.65. The van der Waals surface area contributed by atoms with Crippen molar-refractivity contribution in [2.24, 2.45) is 5.92 Å². The van der Waals surface area contributed by atoms with Crippen LogP contribution in [0.2, 0.25) is 0 Å². The van der Waals surface area contributed by atoms with E-state index in [9.17, 15) is 4.79 Å². The van der Waals surface area contributed by atoms with Crippen LogP contribution in [0, 0.1) is 5.92 Å². The third-order valence-corrected chi connectivity index (χ3v) is 6.40. The molecule has 2 saturated heterocycles. The highest BCUT2D eigenvalue weighted by atomic mass is 16.2. The van der Waals surface area contributed by atoms with E-state index in [1.807, 2.05) is 35.2 Å². The van der Waals surface area contributed by atoms with Gasteiger partial charge in [-0.2, -0.15) is 0 Å². The van der Waals surface area contributed by atoms with E-state index in [4.69, 9.17) is 4.98 Å². The van der Waals surface area contributed by atoms with Crippen molar-refractivity contribution in [1.82, 2.24) is 29.8 Å². The quantitative estimate of drug-likeness (QED) is 0.615. The van der Waals surface area contributed by atoms with E-state index in [-0.39, 0.29) is 11.9 Å². The lowest BCUT2D eigenvalue weighted by Crippen LogP contribution is -2.38. The molecule has 0 unspecified atom stereocenters. The summed E-state index contributed by atoms with van der Waals surface area (Å²) in [5.74, 6) is 2.03. The van der Waals surface area contributed by atoms with Crippen molar-refractivity contribution in [3.8, 4) is 11.5 Å². The number of carbonyl (C=O) groups is 1. The molecule has 8 nitrogen and oxygen atoms in total. The van der Waals surface area contributed by atoms with E-state index < -0.39 is 0 Å². The van der Waals surface area contributed by atoms with E-state index >= 15 is 0 Å². The molecule has 0 spiro atoms. The second-order valence-electron chi connectivity index (χ2n) is 8.45. The molecular weight excluding hydrogens is 402 g/mol. The Hall–Kier alpha value is -3.42. The smallest absolute Gasteiger partial charge is 0.225 e. The zero-order valence-electron chi connectivity index (χ0n) is 18.0. The van der Waals surface area contributed by atoms with E-state index in [1.54, 1.807) is 24.8 Å². The van der Waals surface area contributed by atoms with Gasteiger partial charge in [-0.1, -0.05) is 6.07 Å². The van der Waals surface area contributed by atoms with E-state index in [2.05, 4.69) is 24.8 Å². The first-order valence-corrected chi connectivity index (χ1v) is 11.3. The minimum Gasteiger partial charge on any atom is -0.341 e. The second kappa shape index (κ2) is 9.38. The number of hydrogen-bond donors (Lipinski definition) is 0. The summed E-state index contributed by atoms with van der Waals surface area (Å²) in [7, 11) is 0. The Morgan fingerprint density at radius 3 is 2.47 bits per heavy atom. The molecule has 3 aromatic heterocycles. The van der Waals surface area contributed by atoms with Gasteiger partial charge in [0.25, 0.3) is 0 Å². The summed E-state index contributed by atoms with van der Waals surface area (Å²) in [5, 5.41) is 0. The third kappa shape index (κ3) is 4.44. The maximum atomic E-state index is 13.2. The van der Waals surface area contributed by atoms with Crippen LogP contribution in [0.5, 0.6) is 0 Å². The highest BCUT2D eigenvalue weighted by molar-refractivity contribution is 5.77. The molecule has 0 saturated carbocycles. The van der Waals surface area contributed by atoms with Gasteiger partial charge in [0.2, 0.25) is 11.9 Å². The Morgan fingerprint density at radius 1 is 0.875 bits per heavy atom. The number of piperidine rings is 1. The molecule has 3 aromatic rings. The molecule has 0 aromatic carbocycles. The molecule has 0 radical (unpaired) electrons. The molecule has 5 rings (SSSR count). The average Bonchev–Trinajstić information content (AvgIpc) is 3.36. The van der Waals surface area contributed by atoms with Crippen LogP contribution in [0.4, 0.5) is 5.95 Å². The van der Waals surface area contributed by atoms with Crippen molar-refractivity contribution in [2.45, 2.75) is 38.1 Å². The van der Waals surface area contributed by atoms with Gasteiger partial charge in [0.05, 0.1) is 11.7 Å². The first kappa shape index (κ1) is 20.5. The highest BCUT2D eigenvalue weighted by Crippen LogP contribution is 2.33. The number of amides is 1. The fourth-order valence-corrected chi connectivity index (χ4v) is 4.71. The fraction of sp³-hybridized carbons (Fsp3) is 0.417. The molecule has 1 atom stereocenters. The first-order valence-electron chi connectivity index (χ1n) is 11.3. The Morgan fingerprint density at radius 2 is 1.69 bits per heavy atom. The van der Waals surface area contributed by atoms with Gasteiger partial charge < -0.3 is 9.80 Å². The number of hydrogen-bond acceptors (Lipinski definition) is 7. The van der Waals surface area contributed by atoms with Gasteiger partial charge >= 0.3 is 0 Å². The van der Waals surface area contributed by atoms with Crippen LogP contribution in [-0.4, -0.2) is 55.4 Å². The largest absolute Gasteiger partial charge is 0.341 e. The first-order chi connectivity index (χ1) is 15.8. The molecule has 5 heterocycles. The van der Waals surface area contributed by atoms with Crippen molar-refractivity contribution < 1.29 is 4.79 Å². The zero-order valence-corrected chi connectivity index (χ0v) is 18.0. The molecule has 2 fully saturated rings. The lowest BCUT2D eigenvalue weighted by molar-refractivity contribution is -0.133. The van der Waals surface area contributed by atoms with Crippen molar-refractivity contribution in [3.05, 3.63) is 60.8 Å². The molecule has 8 heteroatoms. The summed E-state index contributed by atoms with van der Waals surface area (Å²) < 4.78 is 0. The second-order valence-corrected chi connectivity index (χ2v) is 8.45. The fourth-order valence-electron chi connectivity index (χ4n) is 4.71. The summed E-state index contributed by atoms with van der Waals surface area (Å²) in [6, 6.07) is 9.50. The van der Waals surface area contributed by atoms with E-state index in [0.717, 1.165) is 62.7 Å². The van der Waals surface area contributed by atoms with Crippen LogP contribution in [-0.2, 0) is 4.79 Å². The van der Waals surface area contributed by atoms with Crippen LogP contribution >= 0.6 is 0 Å². The molecule has 1 amide bonds. The van der Waals surface area contributed by atoms with Crippen LogP contribution < -0.4 is 4.90 Å². The Balaban J connectivity index is 1.22. The molecule has 0 N–H and O–H groups in total. The number of pyridine rings is 1. The SMILES string of the molecule is O=C(CC1CCN(c2ncccn2)CC1)N1CCC[C@H]1c1ccnc(-c2ccccn2)n1. The summed E-state index contributed by atoms with van der Waals surface area (Å²) in [6.07, 6.45) is 11.6. The van der Waals surface area contributed by atoms with E-state index in [1.165, 1.54) is 0 Å². The number of likely N-dealkylation sites (tertiary alicyclic amines) is 1. The molecule has 2 aliphatic rings. The molecular formula is C24H27N7O. The topological polar surface area (TPSA) is 88.0 Å². The van der Waals surface area contributed by atoms with Crippen LogP contribution in [0.25, 0.3) is 11.5 Å². The van der Waals surface area contributed by atoms with Gasteiger partial charge in [0.15, 0.2) is 5.82 Å². The van der Waals surface area contributed by atoms with Gasteiger partial charge in [0, 0.05) is 50.8 Å². The molecule has 2 aliphatic heterocycles. The van der Waals surface area contributed by atoms with Gasteiger partial charge in [-0.3, -0.25) is 9.78 Å². The Bertz CT molecular complexity index is 1040. The molecule has 32 heavy (non-hydrogen) atoms. The number of rotatable bonds is 5. The number of aromatic nitrogens is 5. The molecule has 164 valence electrons. The summed E-state index contributed by atoms with van der Waals surface area (Å²) >= 11 is 0. The third-order valence-electron chi connectivity index (χ3n) is 6.40. The monoisotopic (exact) mass is 429 g/mol. The van der Waals surface area contributed by atoms with Gasteiger partial charge in [-0.15, -0.1) is 0 Å². The molecule has 0 aliphatic carbocycles. The average molecular weight is 430 g/mol. The maximum absolute atomic E-state index is 13.2. The predicted molar refractivity (Wildman–Crippen MR) is 121 cm³/mol. The summed E-state index contributed by atoms with van der Waals surface area (Å²) in [6.45, 7) is 2.58. The van der Waals surface area contributed by atoms with E-state index in [0.29, 0.717) is 18.2 Å². The van der Waals surface area contributed by atoms with Gasteiger partial charge in [0.1, 0.15) is 5.69 Å². The zero-order chi connectivity index (χ0) is 21.8. The van der Waals surface area contributed by atoms with Crippen LogP contribution in [0.15, 0.2) is 55.1 Å². The Labute approximate surface area is 187 Å². The van der Waals surface area contributed by atoms with Crippen molar-refractivity contribution in [1.29, 1.82) is 0 Å². The summed E-state index contributed by atoms with van der Waals surface area (Å²) in [4.78, 5) is 39.7. The molecule has 0 bridgehead atoms. The number of nitrogens with zero attached hydrogens (tertiary/aromatic N) is 7. The highest BCUT2D eigenvalue weighted by Gasteiger charge is 2.33. The van der Waals surface area contributed by atoms with Gasteiger partial charge in [-0.25, -0.2) is 19.9 Å². The Kier molecular flexibility index (Phi) is 6.00. The van der Waals surface area contributed by atoms with Crippen molar-refractivity contribution in [2.75, 3.05) is 24.5 Å². The lowest BCUT2D eigenvalue weighted by atomic mass is 9.93. The predicted octanol–water partition coefficient (Wildman–Crippen LogP) is 3.30. The number of carbonyl (C=O) groups excluding carboxylic acids is 1. The van der Waals surface area contributed by atoms with Crippen LogP contribution in [0.3, 0.4) is 0 Å². The minimum atomic E-state index is 0.0192. The van der Waals surface area contributed by atoms with Crippen molar-refractivity contribution in [3.63, 3.8) is 0 Å². The van der Waals surface area contributed by atoms with Gasteiger partial charge in [-0.05, 0) is 55.9 Å². The van der Waals surface area contributed by atoms with Crippen molar-refractivity contribution >= 4 is 11.9 Å². The minimum absolute atomic E-state index is 0.0192. The number of anilines is 1.